The molecule has 1 atom stereocenters. The molecule has 0 bridgehead atoms. The number of hydrogen-bond acceptors (Lipinski definition) is 6. The number of hydrogen-bond donors (Lipinski definition) is 4. The van der Waals surface area contributed by atoms with E-state index in [1.54, 1.807) is 55.6 Å². The zero-order valence-corrected chi connectivity index (χ0v) is 15.6. The van der Waals surface area contributed by atoms with Gasteiger partial charge >= 0.3 is 6.03 Å². The molecule has 8 heteroatoms. The Morgan fingerprint density at radius 3 is 2.64 bits per heavy atom. The van der Waals surface area contributed by atoms with Crippen LogP contribution in [0.25, 0.3) is 0 Å². The topological polar surface area (TPSA) is 116 Å². The van der Waals surface area contributed by atoms with Gasteiger partial charge in [0.1, 0.15) is 30.3 Å². The first-order valence-electron chi connectivity index (χ1n) is 8.82. The van der Waals surface area contributed by atoms with Gasteiger partial charge in [0, 0.05) is 25.3 Å². The van der Waals surface area contributed by atoms with Gasteiger partial charge in [-0.05, 0) is 36.4 Å². The van der Waals surface area contributed by atoms with Gasteiger partial charge in [-0.2, -0.15) is 5.26 Å². The van der Waals surface area contributed by atoms with Crippen LogP contribution in [-0.2, 0) is 0 Å². The Hall–Kier alpha value is -3.28. The average Bonchev–Trinajstić information content (AvgIpc) is 2.72. The van der Waals surface area contributed by atoms with Crippen LogP contribution in [-0.4, -0.2) is 50.6 Å². The lowest BCUT2D eigenvalue weighted by Gasteiger charge is -2.14. The maximum atomic E-state index is 11.8. The van der Waals surface area contributed by atoms with E-state index in [0.29, 0.717) is 42.4 Å². The second-order valence-electron chi connectivity index (χ2n) is 5.89. The Bertz CT molecular complexity index is 790. The van der Waals surface area contributed by atoms with Crippen molar-refractivity contribution in [1.82, 2.24) is 10.6 Å². The third-order valence-electron chi connectivity index (χ3n) is 3.75. The molecule has 0 saturated heterocycles. The Morgan fingerprint density at radius 2 is 1.93 bits per heavy atom. The first-order chi connectivity index (χ1) is 13.6. The van der Waals surface area contributed by atoms with Gasteiger partial charge in [-0.3, -0.25) is 0 Å². The van der Waals surface area contributed by atoms with E-state index in [1.807, 2.05) is 6.07 Å². The van der Waals surface area contributed by atoms with Gasteiger partial charge in [0.25, 0.3) is 0 Å². The number of rotatable bonds is 10. The van der Waals surface area contributed by atoms with Crippen molar-refractivity contribution < 1.29 is 19.4 Å². The van der Waals surface area contributed by atoms with Crippen LogP contribution in [0.3, 0.4) is 0 Å². The Kier molecular flexibility index (Phi) is 8.59. The van der Waals surface area contributed by atoms with Crippen molar-refractivity contribution >= 4 is 11.7 Å². The molecule has 0 aliphatic heterocycles. The Balaban J connectivity index is 1.57. The molecule has 2 amide bonds. The van der Waals surface area contributed by atoms with Gasteiger partial charge < -0.3 is 30.5 Å². The molecule has 2 rings (SSSR count). The van der Waals surface area contributed by atoms with Crippen LogP contribution in [0.5, 0.6) is 11.5 Å². The molecule has 0 aromatic heterocycles. The maximum Gasteiger partial charge on any atom is 0.319 e. The molecule has 0 fully saturated rings. The van der Waals surface area contributed by atoms with E-state index in [4.69, 9.17) is 14.7 Å². The molecule has 0 aliphatic rings. The third kappa shape index (κ3) is 7.15. The predicted molar refractivity (Wildman–Crippen MR) is 106 cm³/mol. The first kappa shape index (κ1) is 21.0. The number of nitriles is 1. The summed E-state index contributed by atoms with van der Waals surface area (Å²) in [6.07, 6.45) is -0.736. The number of carbonyl (C=O) groups is 1. The maximum absolute atomic E-state index is 11.8. The molecule has 2 aromatic carbocycles. The lowest BCUT2D eigenvalue weighted by Crippen LogP contribution is -2.38. The number of amides is 2. The second-order valence-corrected chi connectivity index (χ2v) is 5.89. The number of nitrogens with one attached hydrogen (secondary N) is 3. The van der Waals surface area contributed by atoms with Crippen LogP contribution >= 0.6 is 0 Å². The summed E-state index contributed by atoms with van der Waals surface area (Å²) in [6, 6.07) is 15.6. The molecule has 0 radical (unpaired) electrons. The summed E-state index contributed by atoms with van der Waals surface area (Å²) in [6.45, 7) is 1.25. The molecule has 0 spiro atoms. The first-order valence-corrected chi connectivity index (χ1v) is 8.82. The molecule has 0 heterocycles. The summed E-state index contributed by atoms with van der Waals surface area (Å²) in [7, 11) is 1.58. The molecule has 148 valence electrons. The Labute approximate surface area is 164 Å². The molecule has 8 nitrogen and oxygen atoms in total. The van der Waals surface area contributed by atoms with Crippen LogP contribution in [0.4, 0.5) is 10.5 Å². The number of methoxy groups -OCH3 is 1. The van der Waals surface area contributed by atoms with Crippen LogP contribution in [0.1, 0.15) is 5.56 Å². The highest BCUT2D eigenvalue weighted by molar-refractivity contribution is 5.89. The quantitative estimate of drug-likeness (QED) is 0.464. The number of aliphatic hydroxyl groups excluding tert-OH is 1. The largest absolute Gasteiger partial charge is 0.497 e. The van der Waals surface area contributed by atoms with Crippen LogP contribution in [0, 0.1) is 11.3 Å². The van der Waals surface area contributed by atoms with Crippen molar-refractivity contribution in [2.24, 2.45) is 0 Å². The zero-order valence-electron chi connectivity index (χ0n) is 15.6. The molecule has 28 heavy (non-hydrogen) atoms. The number of para-hydroxylation sites is 1. The molecule has 2 aromatic rings. The smallest absolute Gasteiger partial charge is 0.319 e. The molecule has 4 N–H and O–H groups in total. The van der Waals surface area contributed by atoms with E-state index in [1.165, 1.54) is 0 Å². The van der Waals surface area contributed by atoms with E-state index in [0.717, 1.165) is 0 Å². The van der Waals surface area contributed by atoms with Gasteiger partial charge in [0.2, 0.25) is 0 Å². The summed E-state index contributed by atoms with van der Waals surface area (Å²) in [4.78, 5) is 11.8. The van der Waals surface area contributed by atoms with Crippen molar-refractivity contribution in [3.05, 3.63) is 54.1 Å². The summed E-state index contributed by atoms with van der Waals surface area (Å²) in [5.74, 6) is 1.16. The third-order valence-corrected chi connectivity index (χ3v) is 3.75. The van der Waals surface area contributed by atoms with Gasteiger partial charge in [-0.15, -0.1) is 0 Å². The minimum absolute atomic E-state index is 0.0665. The number of aliphatic hydroxyl groups is 1. The van der Waals surface area contributed by atoms with Crippen LogP contribution in [0.15, 0.2) is 48.5 Å². The number of nitrogens with zero attached hydrogens (tertiary/aromatic N) is 1. The lowest BCUT2D eigenvalue weighted by atomic mass is 10.2. The van der Waals surface area contributed by atoms with E-state index < -0.39 is 6.10 Å². The van der Waals surface area contributed by atoms with Gasteiger partial charge in [-0.25, -0.2) is 4.79 Å². The minimum atomic E-state index is -0.736. The van der Waals surface area contributed by atoms with E-state index in [-0.39, 0.29) is 12.6 Å². The predicted octanol–water partition coefficient (Wildman–Crippen LogP) is 1.72. The number of urea groups is 1. The summed E-state index contributed by atoms with van der Waals surface area (Å²) in [5, 5.41) is 27.4. The molecule has 0 aliphatic carbocycles. The van der Waals surface area contributed by atoms with Gasteiger partial charge in [0.15, 0.2) is 0 Å². The fraction of sp³-hybridized carbons (Fsp3) is 0.300. The number of carbonyl (C=O) groups excluding carboxylic acids is 1. The van der Waals surface area contributed by atoms with E-state index in [2.05, 4.69) is 16.0 Å². The van der Waals surface area contributed by atoms with Crippen LogP contribution < -0.4 is 25.4 Å². The highest BCUT2D eigenvalue weighted by atomic mass is 16.5. The zero-order chi connectivity index (χ0) is 20.2. The van der Waals surface area contributed by atoms with E-state index >= 15 is 0 Å². The van der Waals surface area contributed by atoms with E-state index in [9.17, 15) is 9.90 Å². The van der Waals surface area contributed by atoms with Gasteiger partial charge in [0.05, 0.1) is 12.7 Å². The molecule has 1 unspecified atom stereocenters. The monoisotopic (exact) mass is 383 g/mol. The minimum Gasteiger partial charge on any atom is -0.497 e. The number of benzene rings is 2. The normalized spacial score (nSPS) is 11.2. The standard InChI is InChI=1S/C20H24N4O4/c1-27-18-8-6-16(7-9-18)24-20(26)23-11-10-22-13-17(25)14-28-19-5-3-2-4-15(19)12-21/h2-9,17,22,25H,10-11,13-14H2,1H3,(H2,23,24,26)/i1-1. The summed E-state index contributed by atoms with van der Waals surface area (Å²) >= 11 is 0. The van der Waals surface area contributed by atoms with Crippen LogP contribution in [0.2, 0.25) is 0 Å². The fourth-order valence-electron chi connectivity index (χ4n) is 2.31. The average molecular weight is 383 g/mol. The summed E-state index contributed by atoms with van der Waals surface area (Å²) < 4.78 is 10.5. The van der Waals surface area contributed by atoms with Crippen molar-refractivity contribution in [3.8, 4) is 17.6 Å². The molecular formula is C20H24N4O4. The van der Waals surface area contributed by atoms with Crippen molar-refractivity contribution in [2.75, 3.05) is 38.7 Å². The second kappa shape index (κ2) is 11.4. The van der Waals surface area contributed by atoms with Crippen molar-refractivity contribution in [2.45, 2.75) is 6.10 Å². The highest BCUT2D eigenvalue weighted by Gasteiger charge is 2.08. The van der Waals surface area contributed by atoms with Gasteiger partial charge in [-0.1, -0.05) is 12.1 Å². The lowest BCUT2D eigenvalue weighted by molar-refractivity contribution is 0.106. The SMILES string of the molecule is [11CH3]Oc1ccc(NC(=O)NCCNCC(O)COc2ccccc2C#N)cc1. The van der Waals surface area contributed by atoms with Crippen molar-refractivity contribution in [1.29, 1.82) is 5.26 Å². The molecular weight excluding hydrogens is 359 g/mol. The summed E-state index contributed by atoms with van der Waals surface area (Å²) in [5.41, 5.74) is 1.09. The highest BCUT2D eigenvalue weighted by Crippen LogP contribution is 2.16. The molecule has 0 saturated carbocycles. The Morgan fingerprint density at radius 1 is 1.18 bits per heavy atom. The number of ether oxygens (including phenoxy) is 2. The fourth-order valence-corrected chi connectivity index (χ4v) is 2.31. The van der Waals surface area contributed by atoms with Crippen molar-refractivity contribution in [3.63, 3.8) is 0 Å². The number of anilines is 1.